The van der Waals surface area contributed by atoms with Crippen LogP contribution in [0.25, 0.3) is 0 Å². The third-order valence-electron chi connectivity index (χ3n) is 2.13. The smallest absolute Gasteiger partial charge is 0.441 e. The van der Waals surface area contributed by atoms with Gasteiger partial charge in [0.25, 0.3) is 0 Å². The number of hydrogen-bond donors (Lipinski definition) is 0. The summed E-state index contributed by atoms with van der Waals surface area (Å²) in [6.07, 6.45) is -4.81. The molecule has 0 amide bonds. The van der Waals surface area contributed by atoms with E-state index in [4.69, 9.17) is 16.0 Å². The van der Waals surface area contributed by atoms with Gasteiger partial charge in [0.05, 0.1) is 0 Å². The molecule has 7 heteroatoms. The number of carbonyl (C=O) groups is 1. The van der Waals surface area contributed by atoms with Crippen LogP contribution >= 0.6 is 11.6 Å². The van der Waals surface area contributed by atoms with Crippen molar-refractivity contribution < 1.29 is 27.1 Å². The molecule has 0 unspecified atom stereocenters. The maximum Gasteiger partial charge on any atom is 0.573 e. The average Bonchev–Trinajstić information content (AvgIpc) is 2.73. The maximum absolute atomic E-state index is 12.1. The topological polar surface area (TPSA) is 39.4 Å². The van der Waals surface area contributed by atoms with E-state index in [1.54, 1.807) is 0 Å². The molecule has 0 saturated heterocycles. The molecule has 0 aliphatic carbocycles. The fourth-order valence-electron chi connectivity index (χ4n) is 1.41. The minimum atomic E-state index is -4.81. The van der Waals surface area contributed by atoms with Gasteiger partial charge in [0.1, 0.15) is 5.75 Å². The van der Waals surface area contributed by atoms with Crippen LogP contribution in [0.3, 0.4) is 0 Å². The van der Waals surface area contributed by atoms with Crippen LogP contribution in [0.1, 0.15) is 16.1 Å². The number of rotatable bonds is 3. The van der Waals surface area contributed by atoms with Crippen LogP contribution in [-0.2, 0) is 0 Å². The highest BCUT2D eigenvalue weighted by molar-refractivity contribution is 6.29. The Hall–Kier alpha value is -1.95. The summed E-state index contributed by atoms with van der Waals surface area (Å²) < 4.78 is 44.8. The third-order valence-corrected chi connectivity index (χ3v) is 2.33. The lowest BCUT2D eigenvalue weighted by Gasteiger charge is -2.09. The molecule has 0 spiro atoms. The Bertz CT molecular complexity index is 604. The molecule has 2 rings (SSSR count). The summed E-state index contributed by atoms with van der Waals surface area (Å²) in [6, 6.07) is 7.40. The zero-order valence-corrected chi connectivity index (χ0v) is 9.96. The number of ketones is 1. The first kappa shape index (κ1) is 13.5. The number of carbonyl (C=O) groups excluding carboxylic acids is 1. The first-order valence-corrected chi connectivity index (χ1v) is 5.39. The Kier molecular flexibility index (Phi) is 3.53. The third kappa shape index (κ3) is 3.51. The molecule has 0 aliphatic heterocycles. The standard InChI is InChI=1S/C12H6ClF3O3/c13-10-5-4-9(18-10)11(17)7-2-1-3-8(6-7)19-12(14,15)16/h1-6H. The molecule has 1 aromatic heterocycles. The van der Waals surface area contributed by atoms with Gasteiger partial charge in [0.15, 0.2) is 11.0 Å². The van der Waals surface area contributed by atoms with E-state index in [9.17, 15) is 18.0 Å². The Balaban J connectivity index is 2.26. The predicted molar refractivity (Wildman–Crippen MR) is 60.3 cm³/mol. The fourth-order valence-corrected chi connectivity index (χ4v) is 1.56. The van der Waals surface area contributed by atoms with Crippen molar-refractivity contribution in [2.75, 3.05) is 0 Å². The minimum absolute atomic E-state index is 0.00719. The highest BCUT2D eigenvalue weighted by Gasteiger charge is 2.31. The molecule has 1 aromatic carbocycles. The molecule has 19 heavy (non-hydrogen) atoms. The maximum atomic E-state index is 12.1. The van der Waals surface area contributed by atoms with Gasteiger partial charge < -0.3 is 9.15 Å². The van der Waals surface area contributed by atoms with Crippen LogP contribution in [0.4, 0.5) is 13.2 Å². The van der Waals surface area contributed by atoms with E-state index in [-0.39, 0.29) is 16.5 Å². The quantitative estimate of drug-likeness (QED) is 0.800. The summed E-state index contributed by atoms with van der Waals surface area (Å²) in [5, 5.41) is 0.0195. The van der Waals surface area contributed by atoms with E-state index in [1.807, 2.05) is 0 Å². The van der Waals surface area contributed by atoms with Gasteiger partial charge in [-0.25, -0.2) is 0 Å². The van der Waals surface area contributed by atoms with Crippen molar-refractivity contribution in [1.29, 1.82) is 0 Å². The van der Waals surface area contributed by atoms with Gasteiger partial charge in [-0.15, -0.1) is 13.2 Å². The van der Waals surface area contributed by atoms with Gasteiger partial charge in [0, 0.05) is 5.56 Å². The molecule has 0 aliphatic rings. The lowest BCUT2D eigenvalue weighted by atomic mass is 10.1. The Labute approximate surface area is 110 Å². The number of furan rings is 1. The van der Waals surface area contributed by atoms with E-state index < -0.39 is 17.9 Å². The van der Waals surface area contributed by atoms with Crippen molar-refractivity contribution in [2.24, 2.45) is 0 Å². The Morgan fingerprint density at radius 3 is 2.53 bits per heavy atom. The monoisotopic (exact) mass is 290 g/mol. The number of halogens is 4. The van der Waals surface area contributed by atoms with Crippen molar-refractivity contribution in [3.8, 4) is 5.75 Å². The second-order valence-corrected chi connectivity index (χ2v) is 3.88. The summed E-state index contributed by atoms with van der Waals surface area (Å²) in [6.45, 7) is 0. The largest absolute Gasteiger partial charge is 0.573 e. The van der Waals surface area contributed by atoms with Gasteiger partial charge in [-0.1, -0.05) is 12.1 Å². The number of hydrogen-bond acceptors (Lipinski definition) is 3. The highest BCUT2D eigenvalue weighted by atomic mass is 35.5. The summed E-state index contributed by atoms with van der Waals surface area (Å²) in [5.41, 5.74) is 0.00719. The second kappa shape index (κ2) is 4.97. The van der Waals surface area contributed by atoms with Crippen molar-refractivity contribution in [2.45, 2.75) is 6.36 Å². The molecular weight excluding hydrogens is 285 g/mol. The first-order chi connectivity index (χ1) is 8.85. The summed E-state index contributed by atoms with van der Waals surface area (Å²) in [4.78, 5) is 11.9. The molecule has 0 fully saturated rings. The molecule has 2 aromatic rings. The van der Waals surface area contributed by atoms with Gasteiger partial charge in [-0.2, -0.15) is 0 Å². The second-order valence-electron chi connectivity index (χ2n) is 3.51. The number of alkyl halides is 3. The lowest BCUT2D eigenvalue weighted by molar-refractivity contribution is -0.274. The molecule has 0 bridgehead atoms. The molecular formula is C12H6ClF3O3. The Morgan fingerprint density at radius 1 is 1.21 bits per heavy atom. The van der Waals surface area contributed by atoms with Crippen molar-refractivity contribution in [3.63, 3.8) is 0 Å². The zero-order valence-electron chi connectivity index (χ0n) is 9.20. The molecule has 0 saturated carbocycles. The van der Waals surface area contributed by atoms with Crippen LogP contribution in [0, 0.1) is 0 Å². The Morgan fingerprint density at radius 2 is 1.95 bits per heavy atom. The fraction of sp³-hybridized carbons (Fsp3) is 0.0833. The average molecular weight is 291 g/mol. The van der Waals surface area contributed by atoms with Gasteiger partial charge in [-0.05, 0) is 35.9 Å². The molecule has 1 heterocycles. The molecule has 0 N–H and O–H groups in total. The number of ether oxygens (including phenoxy) is 1. The van der Waals surface area contributed by atoms with Gasteiger partial charge in [-0.3, -0.25) is 4.79 Å². The van der Waals surface area contributed by atoms with Crippen LogP contribution < -0.4 is 4.74 Å². The van der Waals surface area contributed by atoms with E-state index in [1.165, 1.54) is 24.3 Å². The van der Waals surface area contributed by atoms with Gasteiger partial charge >= 0.3 is 6.36 Å². The van der Waals surface area contributed by atoms with Crippen LogP contribution in [0.2, 0.25) is 5.22 Å². The molecule has 0 radical (unpaired) electrons. The summed E-state index contributed by atoms with van der Waals surface area (Å²) >= 11 is 5.52. The number of benzene rings is 1. The zero-order chi connectivity index (χ0) is 14.0. The predicted octanol–water partition coefficient (Wildman–Crippen LogP) is 4.06. The SMILES string of the molecule is O=C(c1cccc(OC(F)(F)F)c1)c1ccc(Cl)o1. The molecule has 3 nitrogen and oxygen atoms in total. The van der Waals surface area contributed by atoms with Gasteiger partial charge in [0.2, 0.25) is 5.78 Å². The van der Waals surface area contributed by atoms with Crippen molar-refractivity contribution in [1.82, 2.24) is 0 Å². The van der Waals surface area contributed by atoms with Crippen LogP contribution in [0.5, 0.6) is 5.75 Å². The van der Waals surface area contributed by atoms with E-state index in [0.29, 0.717) is 0 Å². The summed E-state index contributed by atoms with van der Waals surface area (Å²) in [7, 11) is 0. The lowest BCUT2D eigenvalue weighted by Crippen LogP contribution is -2.17. The van der Waals surface area contributed by atoms with E-state index in [0.717, 1.165) is 12.1 Å². The first-order valence-electron chi connectivity index (χ1n) is 5.01. The molecule has 100 valence electrons. The summed E-state index contributed by atoms with van der Waals surface area (Å²) in [5.74, 6) is -1.12. The minimum Gasteiger partial charge on any atom is -0.441 e. The van der Waals surface area contributed by atoms with Crippen molar-refractivity contribution >= 4 is 17.4 Å². The molecule has 0 atom stereocenters. The van der Waals surface area contributed by atoms with E-state index in [2.05, 4.69) is 4.74 Å². The van der Waals surface area contributed by atoms with E-state index >= 15 is 0 Å². The van der Waals surface area contributed by atoms with Crippen LogP contribution in [0.15, 0.2) is 40.8 Å². The van der Waals surface area contributed by atoms with Crippen LogP contribution in [-0.4, -0.2) is 12.1 Å². The highest BCUT2D eigenvalue weighted by Crippen LogP contribution is 2.25. The normalized spacial score (nSPS) is 11.4. The van der Waals surface area contributed by atoms with Crippen molar-refractivity contribution in [3.05, 3.63) is 52.9 Å².